The summed E-state index contributed by atoms with van der Waals surface area (Å²) in [5.41, 5.74) is 2.44. The first-order chi connectivity index (χ1) is 6.81. The average molecular weight is 192 g/mol. The minimum atomic E-state index is 0.0978. The highest BCUT2D eigenvalue weighted by atomic mass is 16.5. The van der Waals surface area contributed by atoms with Crippen LogP contribution in [-0.4, -0.2) is 18.3 Å². The van der Waals surface area contributed by atoms with Crippen molar-refractivity contribution in [1.82, 2.24) is 0 Å². The lowest BCUT2D eigenvalue weighted by Crippen LogP contribution is -2.11. The van der Waals surface area contributed by atoms with E-state index in [4.69, 9.17) is 4.74 Å². The molecule has 1 aromatic carbocycles. The Bertz CT molecular complexity index is 292. The molecular weight excluding hydrogens is 176 g/mol. The summed E-state index contributed by atoms with van der Waals surface area (Å²) in [5, 5.41) is 9.17. The number of hydrogen-bond donors (Lipinski definition) is 1. The fraction of sp³-hybridized carbons (Fsp3) is 0.500. The van der Waals surface area contributed by atoms with E-state index in [0.29, 0.717) is 0 Å². The van der Waals surface area contributed by atoms with E-state index in [9.17, 15) is 5.11 Å². The van der Waals surface area contributed by atoms with Gasteiger partial charge in [0.15, 0.2) is 0 Å². The lowest BCUT2D eigenvalue weighted by molar-refractivity contribution is 0.0720. The van der Waals surface area contributed by atoms with Crippen LogP contribution in [0.2, 0.25) is 0 Å². The molecule has 2 heteroatoms. The predicted octanol–water partition coefficient (Wildman–Crippen LogP) is 2.06. The molecular formula is C12H16O2. The van der Waals surface area contributed by atoms with Crippen LogP contribution < -0.4 is 0 Å². The zero-order valence-corrected chi connectivity index (χ0v) is 8.44. The van der Waals surface area contributed by atoms with Crippen molar-refractivity contribution in [2.45, 2.75) is 19.4 Å². The van der Waals surface area contributed by atoms with Gasteiger partial charge in [-0.2, -0.15) is 0 Å². The standard InChI is InChI=1S/C12H16O2/c1-9-2-4-10(5-3-9)12-11(8-13)6-7-14-12/h2-5,11-13H,6-8H2,1H3. The van der Waals surface area contributed by atoms with E-state index in [-0.39, 0.29) is 18.6 Å². The van der Waals surface area contributed by atoms with Crippen molar-refractivity contribution in [2.24, 2.45) is 5.92 Å². The van der Waals surface area contributed by atoms with Crippen LogP contribution in [0.15, 0.2) is 24.3 Å². The normalized spacial score (nSPS) is 26.7. The zero-order chi connectivity index (χ0) is 9.97. The second-order valence-electron chi connectivity index (χ2n) is 3.93. The molecule has 0 aromatic heterocycles. The third-order valence-corrected chi connectivity index (χ3v) is 2.85. The molecule has 0 saturated carbocycles. The number of benzene rings is 1. The Hall–Kier alpha value is -0.860. The van der Waals surface area contributed by atoms with Gasteiger partial charge in [0.05, 0.1) is 6.10 Å². The van der Waals surface area contributed by atoms with Crippen LogP contribution in [0, 0.1) is 12.8 Å². The zero-order valence-electron chi connectivity index (χ0n) is 8.44. The molecule has 0 amide bonds. The third kappa shape index (κ3) is 1.81. The van der Waals surface area contributed by atoms with Gasteiger partial charge < -0.3 is 9.84 Å². The topological polar surface area (TPSA) is 29.5 Å². The summed E-state index contributed by atoms with van der Waals surface area (Å²) in [4.78, 5) is 0. The molecule has 2 unspecified atom stereocenters. The van der Waals surface area contributed by atoms with Gasteiger partial charge in [-0.05, 0) is 18.9 Å². The predicted molar refractivity (Wildman–Crippen MR) is 55.1 cm³/mol. The molecule has 1 heterocycles. The molecule has 1 N–H and O–H groups in total. The number of ether oxygens (including phenoxy) is 1. The molecule has 2 atom stereocenters. The lowest BCUT2D eigenvalue weighted by Gasteiger charge is -2.16. The molecule has 14 heavy (non-hydrogen) atoms. The van der Waals surface area contributed by atoms with Gasteiger partial charge >= 0.3 is 0 Å². The van der Waals surface area contributed by atoms with Crippen molar-refractivity contribution < 1.29 is 9.84 Å². The first kappa shape index (κ1) is 9.69. The minimum Gasteiger partial charge on any atom is -0.396 e. The summed E-state index contributed by atoms with van der Waals surface area (Å²) in [6.07, 6.45) is 1.07. The van der Waals surface area contributed by atoms with Crippen LogP contribution in [0.1, 0.15) is 23.7 Å². The maximum Gasteiger partial charge on any atom is 0.0875 e. The summed E-state index contributed by atoms with van der Waals surface area (Å²) < 4.78 is 5.62. The SMILES string of the molecule is Cc1ccc(C2OCCC2CO)cc1. The van der Waals surface area contributed by atoms with Crippen molar-refractivity contribution in [3.63, 3.8) is 0 Å². The van der Waals surface area contributed by atoms with E-state index in [0.717, 1.165) is 13.0 Å². The van der Waals surface area contributed by atoms with Gasteiger partial charge in [0.25, 0.3) is 0 Å². The number of aryl methyl sites for hydroxylation is 1. The summed E-state index contributed by atoms with van der Waals surface area (Å²) in [6, 6.07) is 8.36. The molecule has 1 saturated heterocycles. The number of aliphatic hydroxyl groups is 1. The van der Waals surface area contributed by atoms with Crippen LogP contribution in [0.25, 0.3) is 0 Å². The van der Waals surface area contributed by atoms with Crippen molar-refractivity contribution in [2.75, 3.05) is 13.2 Å². The summed E-state index contributed by atoms with van der Waals surface area (Å²) >= 11 is 0. The Morgan fingerprint density at radius 1 is 1.36 bits per heavy atom. The number of rotatable bonds is 2. The van der Waals surface area contributed by atoms with Crippen LogP contribution >= 0.6 is 0 Å². The molecule has 1 aliphatic rings. The van der Waals surface area contributed by atoms with Gasteiger partial charge in [0, 0.05) is 19.1 Å². The smallest absolute Gasteiger partial charge is 0.0875 e. The Kier molecular flexibility index (Phi) is 2.85. The summed E-state index contributed by atoms with van der Waals surface area (Å²) in [6.45, 7) is 3.06. The van der Waals surface area contributed by atoms with E-state index < -0.39 is 0 Å². The van der Waals surface area contributed by atoms with E-state index in [2.05, 4.69) is 31.2 Å². The highest BCUT2D eigenvalue weighted by Crippen LogP contribution is 2.33. The van der Waals surface area contributed by atoms with Gasteiger partial charge in [0.2, 0.25) is 0 Å². The second-order valence-corrected chi connectivity index (χ2v) is 3.93. The molecule has 1 aliphatic heterocycles. The lowest BCUT2D eigenvalue weighted by atomic mass is 9.96. The van der Waals surface area contributed by atoms with E-state index in [1.54, 1.807) is 0 Å². The molecule has 76 valence electrons. The Morgan fingerprint density at radius 2 is 2.07 bits per heavy atom. The fourth-order valence-corrected chi connectivity index (χ4v) is 1.95. The van der Waals surface area contributed by atoms with Gasteiger partial charge in [-0.1, -0.05) is 29.8 Å². The van der Waals surface area contributed by atoms with Gasteiger partial charge in [-0.15, -0.1) is 0 Å². The molecule has 2 rings (SSSR count). The first-order valence-electron chi connectivity index (χ1n) is 5.10. The van der Waals surface area contributed by atoms with Gasteiger partial charge in [0.1, 0.15) is 0 Å². The van der Waals surface area contributed by atoms with Crippen molar-refractivity contribution >= 4 is 0 Å². The van der Waals surface area contributed by atoms with Crippen LogP contribution in [0.3, 0.4) is 0 Å². The Morgan fingerprint density at radius 3 is 2.71 bits per heavy atom. The van der Waals surface area contributed by atoms with Crippen LogP contribution in [0.4, 0.5) is 0 Å². The Labute approximate surface area is 84.5 Å². The molecule has 0 aliphatic carbocycles. The van der Waals surface area contributed by atoms with Crippen molar-refractivity contribution in [1.29, 1.82) is 0 Å². The highest BCUT2D eigenvalue weighted by Gasteiger charge is 2.28. The largest absolute Gasteiger partial charge is 0.396 e. The maximum atomic E-state index is 9.17. The van der Waals surface area contributed by atoms with E-state index in [1.165, 1.54) is 11.1 Å². The molecule has 0 spiro atoms. The summed E-state index contributed by atoms with van der Waals surface area (Å²) in [7, 11) is 0. The van der Waals surface area contributed by atoms with Crippen molar-refractivity contribution in [3.8, 4) is 0 Å². The highest BCUT2D eigenvalue weighted by molar-refractivity contribution is 5.24. The Balaban J connectivity index is 2.17. The fourth-order valence-electron chi connectivity index (χ4n) is 1.95. The monoisotopic (exact) mass is 192 g/mol. The molecule has 2 nitrogen and oxygen atoms in total. The van der Waals surface area contributed by atoms with Crippen LogP contribution in [-0.2, 0) is 4.74 Å². The third-order valence-electron chi connectivity index (χ3n) is 2.85. The quantitative estimate of drug-likeness (QED) is 0.777. The van der Waals surface area contributed by atoms with E-state index in [1.807, 2.05) is 0 Å². The van der Waals surface area contributed by atoms with Gasteiger partial charge in [-0.25, -0.2) is 0 Å². The molecule has 1 aromatic rings. The maximum absolute atomic E-state index is 9.17. The molecule has 1 fully saturated rings. The first-order valence-corrected chi connectivity index (χ1v) is 5.10. The average Bonchev–Trinajstić information content (AvgIpc) is 2.67. The summed E-state index contributed by atoms with van der Waals surface area (Å²) in [5.74, 6) is 0.276. The van der Waals surface area contributed by atoms with Crippen molar-refractivity contribution in [3.05, 3.63) is 35.4 Å². The second kappa shape index (κ2) is 4.11. The number of hydrogen-bond acceptors (Lipinski definition) is 2. The van der Waals surface area contributed by atoms with Crippen LogP contribution in [0.5, 0.6) is 0 Å². The molecule has 0 radical (unpaired) electrons. The van der Waals surface area contributed by atoms with E-state index >= 15 is 0 Å². The molecule has 0 bridgehead atoms. The number of aliphatic hydroxyl groups excluding tert-OH is 1. The minimum absolute atomic E-state index is 0.0978. The van der Waals surface area contributed by atoms with Gasteiger partial charge in [-0.3, -0.25) is 0 Å².